The van der Waals surface area contributed by atoms with Gasteiger partial charge >= 0.3 is 0 Å². The molecule has 2 aromatic rings. The first-order valence-corrected chi connectivity index (χ1v) is 7.25. The zero-order valence-corrected chi connectivity index (χ0v) is 12.1. The molecule has 0 atom stereocenters. The van der Waals surface area contributed by atoms with Gasteiger partial charge in [0.25, 0.3) is 0 Å². The highest BCUT2D eigenvalue weighted by Crippen LogP contribution is 2.42. The first-order valence-electron chi connectivity index (χ1n) is 7.25. The summed E-state index contributed by atoms with van der Waals surface area (Å²) >= 11 is 0. The van der Waals surface area contributed by atoms with Gasteiger partial charge in [-0.1, -0.05) is 6.92 Å². The standard InChI is InChI=1S/C16H21N3O/c1-3-10-19-15(17)14(18-16(19)12-4-5-12)11-6-8-13(20-2)9-7-11/h6-9,12H,3-5,10,17H2,1-2H3. The van der Waals surface area contributed by atoms with Gasteiger partial charge in [0.1, 0.15) is 23.1 Å². The van der Waals surface area contributed by atoms with Crippen molar-refractivity contribution in [2.24, 2.45) is 0 Å². The van der Waals surface area contributed by atoms with E-state index in [1.54, 1.807) is 7.11 Å². The largest absolute Gasteiger partial charge is 0.497 e. The van der Waals surface area contributed by atoms with Crippen LogP contribution in [0.3, 0.4) is 0 Å². The van der Waals surface area contributed by atoms with Gasteiger partial charge in [-0.2, -0.15) is 0 Å². The molecule has 0 saturated heterocycles. The molecule has 4 heteroatoms. The molecule has 20 heavy (non-hydrogen) atoms. The Morgan fingerprint density at radius 1 is 1.30 bits per heavy atom. The van der Waals surface area contributed by atoms with Crippen LogP contribution in [0.1, 0.15) is 37.9 Å². The van der Waals surface area contributed by atoms with Gasteiger partial charge in [0.05, 0.1) is 7.11 Å². The first-order chi connectivity index (χ1) is 9.74. The summed E-state index contributed by atoms with van der Waals surface area (Å²) in [6, 6.07) is 7.93. The van der Waals surface area contributed by atoms with Gasteiger partial charge in [0, 0.05) is 18.0 Å². The van der Waals surface area contributed by atoms with Gasteiger partial charge in [0.15, 0.2) is 0 Å². The van der Waals surface area contributed by atoms with E-state index in [9.17, 15) is 0 Å². The van der Waals surface area contributed by atoms with E-state index in [1.165, 1.54) is 12.8 Å². The van der Waals surface area contributed by atoms with Crippen LogP contribution in [0.25, 0.3) is 11.3 Å². The molecule has 1 fully saturated rings. The molecule has 4 nitrogen and oxygen atoms in total. The molecule has 0 spiro atoms. The predicted octanol–water partition coefficient (Wildman–Crippen LogP) is 3.43. The molecule has 3 rings (SSSR count). The average Bonchev–Trinajstić information content (AvgIpc) is 3.27. The van der Waals surface area contributed by atoms with Crippen LogP contribution in [-0.4, -0.2) is 16.7 Å². The number of imidazole rings is 1. The number of nitrogen functional groups attached to an aromatic ring is 1. The molecule has 1 aromatic heterocycles. The second kappa shape index (κ2) is 5.19. The quantitative estimate of drug-likeness (QED) is 0.906. The maximum Gasteiger partial charge on any atom is 0.131 e. The highest BCUT2D eigenvalue weighted by atomic mass is 16.5. The van der Waals surface area contributed by atoms with Crippen LogP contribution in [0.2, 0.25) is 0 Å². The molecular formula is C16H21N3O. The van der Waals surface area contributed by atoms with E-state index in [0.29, 0.717) is 5.92 Å². The average molecular weight is 271 g/mol. The van der Waals surface area contributed by atoms with Crippen molar-refractivity contribution in [3.63, 3.8) is 0 Å². The number of aromatic nitrogens is 2. The Bertz CT molecular complexity index is 597. The summed E-state index contributed by atoms with van der Waals surface area (Å²) in [5, 5.41) is 0. The molecule has 1 aliphatic carbocycles. The molecule has 0 amide bonds. The van der Waals surface area contributed by atoms with E-state index in [1.807, 2.05) is 24.3 Å². The number of anilines is 1. The van der Waals surface area contributed by atoms with Crippen molar-refractivity contribution in [3.8, 4) is 17.0 Å². The minimum absolute atomic E-state index is 0.607. The van der Waals surface area contributed by atoms with Gasteiger partial charge in [-0.05, 0) is 43.5 Å². The molecule has 0 aliphatic heterocycles. The molecule has 1 aromatic carbocycles. The van der Waals surface area contributed by atoms with Crippen LogP contribution in [0.4, 0.5) is 5.82 Å². The number of benzene rings is 1. The Labute approximate surface area is 119 Å². The lowest BCUT2D eigenvalue weighted by Gasteiger charge is -2.07. The number of nitrogens with zero attached hydrogens (tertiary/aromatic N) is 2. The van der Waals surface area contributed by atoms with Gasteiger partial charge in [-0.25, -0.2) is 4.98 Å². The fraction of sp³-hybridized carbons (Fsp3) is 0.438. The fourth-order valence-electron chi connectivity index (χ4n) is 2.56. The Morgan fingerprint density at radius 2 is 2.00 bits per heavy atom. The van der Waals surface area contributed by atoms with Crippen LogP contribution < -0.4 is 10.5 Å². The number of rotatable bonds is 5. The first kappa shape index (κ1) is 13.0. The fourth-order valence-corrected chi connectivity index (χ4v) is 2.56. The smallest absolute Gasteiger partial charge is 0.131 e. The normalized spacial score (nSPS) is 14.5. The second-order valence-electron chi connectivity index (χ2n) is 5.36. The maximum absolute atomic E-state index is 6.33. The third-order valence-electron chi connectivity index (χ3n) is 3.79. The highest BCUT2D eigenvalue weighted by molar-refractivity contribution is 5.71. The van der Waals surface area contributed by atoms with Crippen molar-refractivity contribution < 1.29 is 4.74 Å². The second-order valence-corrected chi connectivity index (χ2v) is 5.36. The summed E-state index contributed by atoms with van der Waals surface area (Å²) in [5.74, 6) is 3.41. The predicted molar refractivity (Wildman–Crippen MR) is 80.9 cm³/mol. The SMILES string of the molecule is CCCn1c(C2CC2)nc(-c2ccc(OC)cc2)c1N. The number of ether oxygens (including phenoxy) is 1. The lowest BCUT2D eigenvalue weighted by atomic mass is 10.1. The summed E-state index contributed by atoms with van der Waals surface area (Å²) in [5.41, 5.74) is 8.29. The summed E-state index contributed by atoms with van der Waals surface area (Å²) in [4.78, 5) is 4.81. The molecule has 0 unspecified atom stereocenters. The molecule has 1 aliphatic rings. The van der Waals surface area contributed by atoms with Crippen molar-refractivity contribution in [1.82, 2.24) is 9.55 Å². The van der Waals surface area contributed by atoms with Crippen molar-refractivity contribution in [2.45, 2.75) is 38.6 Å². The van der Waals surface area contributed by atoms with Crippen LogP contribution >= 0.6 is 0 Å². The molecule has 2 N–H and O–H groups in total. The summed E-state index contributed by atoms with van der Waals surface area (Å²) < 4.78 is 7.39. The topological polar surface area (TPSA) is 53.1 Å². The number of hydrogen-bond donors (Lipinski definition) is 1. The molecule has 0 bridgehead atoms. The zero-order valence-electron chi connectivity index (χ0n) is 12.1. The highest BCUT2D eigenvalue weighted by Gasteiger charge is 2.30. The van der Waals surface area contributed by atoms with Crippen molar-refractivity contribution in [1.29, 1.82) is 0 Å². The van der Waals surface area contributed by atoms with Crippen LogP contribution in [-0.2, 0) is 6.54 Å². The van der Waals surface area contributed by atoms with Gasteiger partial charge < -0.3 is 15.0 Å². The lowest BCUT2D eigenvalue weighted by molar-refractivity contribution is 0.415. The van der Waals surface area contributed by atoms with Crippen molar-refractivity contribution in [2.75, 3.05) is 12.8 Å². The van der Waals surface area contributed by atoms with E-state index >= 15 is 0 Å². The van der Waals surface area contributed by atoms with Crippen LogP contribution in [0.15, 0.2) is 24.3 Å². The summed E-state index contributed by atoms with van der Waals surface area (Å²) in [6.45, 7) is 3.12. The molecule has 1 heterocycles. The van der Waals surface area contributed by atoms with E-state index < -0.39 is 0 Å². The van der Waals surface area contributed by atoms with E-state index in [-0.39, 0.29) is 0 Å². The van der Waals surface area contributed by atoms with Gasteiger partial charge in [-0.15, -0.1) is 0 Å². The Balaban J connectivity index is 2.01. The molecular weight excluding hydrogens is 250 g/mol. The van der Waals surface area contributed by atoms with E-state index in [4.69, 9.17) is 15.5 Å². The van der Waals surface area contributed by atoms with Crippen LogP contribution in [0.5, 0.6) is 5.75 Å². The molecule has 0 radical (unpaired) electrons. The third-order valence-corrected chi connectivity index (χ3v) is 3.79. The Morgan fingerprint density at radius 3 is 2.55 bits per heavy atom. The lowest BCUT2D eigenvalue weighted by Crippen LogP contribution is -2.06. The van der Waals surface area contributed by atoms with Crippen molar-refractivity contribution in [3.05, 3.63) is 30.1 Å². The van der Waals surface area contributed by atoms with E-state index in [2.05, 4.69) is 11.5 Å². The van der Waals surface area contributed by atoms with E-state index in [0.717, 1.165) is 41.6 Å². The minimum Gasteiger partial charge on any atom is -0.497 e. The third kappa shape index (κ3) is 2.26. The number of nitrogens with two attached hydrogens (primary N) is 1. The maximum atomic E-state index is 6.33. The number of hydrogen-bond acceptors (Lipinski definition) is 3. The number of methoxy groups -OCH3 is 1. The van der Waals surface area contributed by atoms with Crippen LogP contribution in [0, 0.1) is 0 Å². The zero-order chi connectivity index (χ0) is 14.1. The Kier molecular flexibility index (Phi) is 3.38. The van der Waals surface area contributed by atoms with Gasteiger partial charge in [-0.3, -0.25) is 0 Å². The molecule has 1 saturated carbocycles. The van der Waals surface area contributed by atoms with Crippen molar-refractivity contribution >= 4 is 5.82 Å². The monoisotopic (exact) mass is 271 g/mol. The Hall–Kier alpha value is -1.97. The summed E-state index contributed by atoms with van der Waals surface area (Å²) in [6.07, 6.45) is 3.55. The minimum atomic E-state index is 0.607. The van der Waals surface area contributed by atoms with Gasteiger partial charge in [0.2, 0.25) is 0 Å². The summed E-state index contributed by atoms with van der Waals surface area (Å²) in [7, 11) is 1.67. The molecule has 106 valence electrons.